The van der Waals surface area contributed by atoms with Gasteiger partial charge in [0, 0.05) is 18.6 Å². The monoisotopic (exact) mass is 438 g/mol. The van der Waals surface area contributed by atoms with Crippen molar-refractivity contribution in [3.05, 3.63) is 35.7 Å². The van der Waals surface area contributed by atoms with Gasteiger partial charge < -0.3 is 15.0 Å². The lowest BCUT2D eigenvalue weighted by Crippen LogP contribution is -2.42. The number of hydrogen-bond donors (Lipinski definition) is 1. The molecule has 5 rings (SSSR count). The van der Waals surface area contributed by atoms with Gasteiger partial charge in [0.05, 0.1) is 34.8 Å². The van der Waals surface area contributed by atoms with Crippen molar-refractivity contribution in [3.8, 4) is 5.82 Å². The zero-order chi connectivity index (χ0) is 22.3. The van der Waals surface area contributed by atoms with Crippen molar-refractivity contribution in [2.45, 2.75) is 64.6 Å². The van der Waals surface area contributed by atoms with Gasteiger partial charge in [0.25, 0.3) is 0 Å². The number of cyclic esters (lactones) is 1. The number of likely N-dealkylation sites (tertiary alicyclic amines) is 1. The average molecular weight is 438 g/mol. The minimum atomic E-state index is -0.330. The summed E-state index contributed by atoms with van der Waals surface area (Å²) in [6.45, 7) is 4.63. The highest BCUT2D eigenvalue weighted by Gasteiger charge is 2.53. The molecule has 168 valence electrons. The van der Waals surface area contributed by atoms with E-state index in [2.05, 4.69) is 37.7 Å². The number of carbonyl (C=O) groups excluding carboxylic acids is 2. The number of amides is 1. The van der Waals surface area contributed by atoms with E-state index < -0.39 is 0 Å². The molecular formula is C21H26N8O3. The standard InChI is InChI=1S/C21H26N8O3/c1-13-7-21(20(31)29(13)17-11-32-19(30)14(17)2)5-3-15(4-6-21)22-8-16-9-24-18(10-23-16)28-12-25-26-27-28/h9-10,12-13,15,22H,3-8,11H2,1-2H3/t13-,15?,21?/m1/s1. The Hall–Kier alpha value is -3.21. The summed E-state index contributed by atoms with van der Waals surface area (Å²) in [7, 11) is 0. The van der Waals surface area contributed by atoms with E-state index in [1.807, 2.05) is 4.90 Å². The zero-order valence-electron chi connectivity index (χ0n) is 18.2. The van der Waals surface area contributed by atoms with Crippen LogP contribution in [0.25, 0.3) is 5.82 Å². The molecule has 2 aliphatic heterocycles. The van der Waals surface area contributed by atoms with Crippen LogP contribution < -0.4 is 5.32 Å². The molecular weight excluding hydrogens is 412 g/mol. The van der Waals surface area contributed by atoms with E-state index >= 15 is 0 Å². The van der Waals surface area contributed by atoms with Crippen molar-refractivity contribution in [1.29, 1.82) is 0 Å². The molecule has 1 N–H and O–H groups in total. The molecule has 0 radical (unpaired) electrons. The second-order valence-corrected chi connectivity index (χ2v) is 8.93. The van der Waals surface area contributed by atoms with Crippen LogP contribution in [0.15, 0.2) is 30.0 Å². The highest BCUT2D eigenvalue weighted by Crippen LogP contribution is 2.49. The van der Waals surface area contributed by atoms with Crippen LogP contribution in [0.2, 0.25) is 0 Å². The number of aromatic nitrogens is 6. The average Bonchev–Trinajstić information content (AvgIpc) is 3.50. The van der Waals surface area contributed by atoms with Gasteiger partial charge in [-0.1, -0.05) is 0 Å². The number of esters is 1. The molecule has 0 unspecified atom stereocenters. The lowest BCUT2D eigenvalue weighted by Gasteiger charge is -2.36. The van der Waals surface area contributed by atoms with E-state index in [4.69, 9.17) is 4.74 Å². The van der Waals surface area contributed by atoms with Gasteiger partial charge in [0.2, 0.25) is 5.91 Å². The third-order valence-corrected chi connectivity index (χ3v) is 6.96. The van der Waals surface area contributed by atoms with Crippen LogP contribution in [0, 0.1) is 5.41 Å². The third-order valence-electron chi connectivity index (χ3n) is 6.96. The van der Waals surface area contributed by atoms with E-state index in [-0.39, 0.29) is 29.9 Å². The first-order valence-corrected chi connectivity index (χ1v) is 10.9. The normalized spacial score (nSPS) is 28.1. The predicted molar refractivity (Wildman–Crippen MR) is 111 cm³/mol. The first-order chi connectivity index (χ1) is 15.5. The van der Waals surface area contributed by atoms with Gasteiger partial charge in [0.1, 0.15) is 12.9 Å². The maximum Gasteiger partial charge on any atom is 0.336 e. The molecule has 1 spiro atoms. The number of carbonyl (C=O) groups is 2. The molecule has 1 saturated carbocycles. The Kier molecular flexibility index (Phi) is 5.20. The predicted octanol–water partition coefficient (Wildman–Crippen LogP) is 0.922. The third kappa shape index (κ3) is 3.56. The molecule has 1 amide bonds. The Morgan fingerprint density at radius 1 is 1.22 bits per heavy atom. The van der Waals surface area contributed by atoms with Gasteiger partial charge in [0.15, 0.2) is 5.82 Å². The topological polar surface area (TPSA) is 128 Å². The lowest BCUT2D eigenvalue weighted by molar-refractivity contribution is -0.138. The first-order valence-electron chi connectivity index (χ1n) is 10.9. The van der Waals surface area contributed by atoms with Crippen LogP contribution in [0.1, 0.15) is 51.6 Å². The van der Waals surface area contributed by atoms with Crippen molar-refractivity contribution < 1.29 is 14.3 Å². The van der Waals surface area contributed by atoms with Gasteiger partial charge in [-0.3, -0.25) is 9.78 Å². The largest absolute Gasteiger partial charge is 0.456 e. The summed E-state index contributed by atoms with van der Waals surface area (Å²) in [4.78, 5) is 35.8. The maximum absolute atomic E-state index is 13.4. The quantitative estimate of drug-likeness (QED) is 0.678. The molecule has 1 saturated heterocycles. The van der Waals surface area contributed by atoms with Crippen LogP contribution >= 0.6 is 0 Å². The van der Waals surface area contributed by atoms with Crippen molar-refractivity contribution in [1.82, 2.24) is 40.4 Å². The number of hydrogen-bond acceptors (Lipinski definition) is 9. The van der Waals surface area contributed by atoms with Crippen LogP contribution in [-0.4, -0.2) is 65.6 Å². The number of ether oxygens (including phenoxy) is 1. The lowest BCUT2D eigenvalue weighted by atomic mass is 9.70. The highest BCUT2D eigenvalue weighted by atomic mass is 16.5. The molecule has 2 fully saturated rings. The summed E-state index contributed by atoms with van der Waals surface area (Å²) in [5, 5.41) is 14.5. The Morgan fingerprint density at radius 3 is 2.66 bits per heavy atom. The summed E-state index contributed by atoms with van der Waals surface area (Å²) in [6.07, 6.45) is 9.20. The van der Waals surface area contributed by atoms with Crippen LogP contribution in [0.3, 0.4) is 0 Å². The second-order valence-electron chi connectivity index (χ2n) is 8.93. The molecule has 1 aliphatic carbocycles. The van der Waals surface area contributed by atoms with Crippen LogP contribution in [-0.2, 0) is 20.9 Å². The first kappa shape index (κ1) is 20.7. The van der Waals surface area contributed by atoms with Gasteiger partial charge in [-0.25, -0.2) is 9.78 Å². The van der Waals surface area contributed by atoms with Crippen LogP contribution in [0.5, 0.6) is 0 Å². The summed E-state index contributed by atoms with van der Waals surface area (Å²) in [5.74, 6) is 0.402. The van der Waals surface area contributed by atoms with Gasteiger partial charge in [-0.15, -0.1) is 5.10 Å². The molecule has 11 heteroatoms. The Bertz CT molecular complexity index is 1040. The minimum absolute atomic E-state index is 0.0837. The Balaban J connectivity index is 1.17. The summed E-state index contributed by atoms with van der Waals surface area (Å²) < 4.78 is 6.60. The van der Waals surface area contributed by atoms with Crippen LogP contribution in [0.4, 0.5) is 0 Å². The SMILES string of the molecule is CC1=C(N2C(=O)C3(CCC(NCc4cnc(-n5cnnn5)cn4)CC3)C[C@H]2C)COC1=O. The fourth-order valence-electron chi connectivity index (χ4n) is 5.17. The molecule has 3 aliphatic rings. The van der Waals surface area contributed by atoms with Crippen molar-refractivity contribution >= 4 is 11.9 Å². The molecule has 2 aromatic rings. The van der Waals surface area contributed by atoms with Gasteiger partial charge in [-0.05, 0) is 56.4 Å². The second kappa shape index (κ2) is 8.05. The smallest absolute Gasteiger partial charge is 0.336 e. The maximum atomic E-state index is 13.4. The van der Waals surface area contributed by atoms with Crippen molar-refractivity contribution in [2.75, 3.05) is 6.61 Å². The number of nitrogens with zero attached hydrogens (tertiary/aromatic N) is 7. The molecule has 4 heterocycles. The summed E-state index contributed by atoms with van der Waals surface area (Å²) >= 11 is 0. The molecule has 0 bridgehead atoms. The van der Waals surface area contributed by atoms with E-state index in [1.165, 1.54) is 11.0 Å². The summed E-state index contributed by atoms with van der Waals surface area (Å²) in [5.41, 5.74) is 1.81. The molecule has 11 nitrogen and oxygen atoms in total. The van der Waals surface area contributed by atoms with Gasteiger partial charge in [-0.2, -0.15) is 4.68 Å². The van der Waals surface area contributed by atoms with Crippen molar-refractivity contribution in [3.63, 3.8) is 0 Å². The van der Waals surface area contributed by atoms with E-state index in [0.717, 1.165) is 43.5 Å². The fourth-order valence-corrected chi connectivity index (χ4v) is 5.17. The van der Waals surface area contributed by atoms with E-state index in [0.29, 0.717) is 24.0 Å². The fraction of sp³-hybridized carbons (Fsp3) is 0.571. The molecule has 0 aromatic carbocycles. The van der Waals surface area contributed by atoms with Gasteiger partial charge >= 0.3 is 5.97 Å². The van der Waals surface area contributed by atoms with E-state index in [9.17, 15) is 9.59 Å². The Morgan fingerprint density at radius 2 is 2.03 bits per heavy atom. The van der Waals surface area contributed by atoms with Crippen molar-refractivity contribution in [2.24, 2.45) is 5.41 Å². The molecule has 32 heavy (non-hydrogen) atoms. The Labute approximate surface area is 185 Å². The highest BCUT2D eigenvalue weighted by molar-refractivity contribution is 5.94. The zero-order valence-corrected chi connectivity index (χ0v) is 18.2. The number of tetrazole rings is 1. The molecule has 1 atom stereocenters. The number of rotatable bonds is 5. The minimum Gasteiger partial charge on any atom is -0.456 e. The van der Waals surface area contributed by atoms with E-state index in [1.54, 1.807) is 19.3 Å². The number of nitrogens with one attached hydrogen (secondary N) is 1. The molecule has 2 aromatic heterocycles. The summed E-state index contributed by atoms with van der Waals surface area (Å²) in [6, 6.07) is 0.413.